The predicted molar refractivity (Wildman–Crippen MR) is 251 cm³/mol. The van der Waals surface area contributed by atoms with E-state index in [1.807, 2.05) is 36.4 Å². The second-order valence-corrected chi connectivity index (χ2v) is 15.7. The Morgan fingerprint density at radius 2 is 0.738 bits per heavy atom. The fraction of sp³-hybridized carbons (Fsp3) is 0. The van der Waals surface area contributed by atoms with Crippen LogP contribution in [0.5, 0.6) is 0 Å². The Morgan fingerprint density at radius 3 is 1.34 bits per heavy atom. The van der Waals surface area contributed by atoms with Crippen LogP contribution in [0.4, 0.5) is 0 Å². The summed E-state index contributed by atoms with van der Waals surface area (Å²) in [4.78, 5) is 15.4. The molecular weight excluding hydrogens is 745 g/mol. The first-order chi connectivity index (χ1) is 30.3. The first-order valence-corrected chi connectivity index (χ1v) is 20.6. The van der Waals surface area contributed by atoms with Crippen LogP contribution in [0.3, 0.4) is 0 Å². The van der Waals surface area contributed by atoms with Crippen LogP contribution in [0.1, 0.15) is 0 Å². The summed E-state index contributed by atoms with van der Waals surface area (Å²) in [5.74, 6) is 1.82. The summed E-state index contributed by atoms with van der Waals surface area (Å²) in [6.45, 7) is 0. The highest BCUT2D eigenvalue weighted by Gasteiger charge is 2.23. The summed E-state index contributed by atoms with van der Waals surface area (Å²) in [5, 5.41) is 9.65. The van der Waals surface area contributed by atoms with Crippen LogP contribution in [0.25, 0.3) is 116 Å². The van der Waals surface area contributed by atoms with Gasteiger partial charge in [-0.3, -0.25) is 4.57 Å². The Labute approximate surface area is 349 Å². The van der Waals surface area contributed by atoms with E-state index in [4.69, 9.17) is 15.0 Å². The number of fused-ring (bicyclic) bond motifs is 11. The van der Waals surface area contributed by atoms with Gasteiger partial charge >= 0.3 is 0 Å². The molecule has 61 heavy (non-hydrogen) atoms. The third-order valence-corrected chi connectivity index (χ3v) is 12.3. The molecule has 0 atom stereocenters. The zero-order valence-electron chi connectivity index (χ0n) is 32.8. The van der Waals surface area contributed by atoms with Crippen LogP contribution in [0.15, 0.2) is 206 Å². The second-order valence-electron chi connectivity index (χ2n) is 15.7. The molecule has 13 rings (SSSR count). The Bertz CT molecular complexity index is 3820. The molecule has 9 aromatic carbocycles. The maximum Gasteiger partial charge on any atom is 0.238 e. The molecule has 0 bridgehead atoms. The SMILES string of the molecule is c1ccc(-c2nc(-c3ccccc3)nc(-n3c4ccccc4c4ccc(-n5c6ccccc6c6c7c8ccccc8n(-c8ccc9ccccc9c8)c7ccc65)cc43)n2)cc1. The molecule has 4 heterocycles. The standard InChI is InChI=1S/C55H34N6/c1-3-16-36(17-4-1)53-56-54(37-18-5-2-6-19-37)58-55(57-53)61-45-24-12-9-21-41(45)42-30-29-40(34-50(42)61)60-47-26-14-11-23-44(47)52-49(60)32-31-48-51(52)43-22-10-13-25-46(43)59(48)39-28-27-35-15-7-8-20-38(35)33-39/h1-34H. The quantitative estimate of drug-likeness (QED) is 0.175. The molecule has 0 N–H and O–H groups in total. The molecule has 6 heteroatoms. The van der Waals surface area contributed by atoms with E-state index in [1.165, 1.54) is 43.4 Å². The van der Waals surface area contributed by atoms with Gasteiger partial charge in [-0.05, 0) is 65.4 Å². The number of hydrogen-bond acceptors (Lipinski definition) is 3. The molecule has 0 saturated heterocycles. The summed E-state index contributed by atoms with van der Waals surface area (Å²) in [6.07, 6.45) is 0. The molecule has 0 aliphatic heterocycles. The van der Waals surface area contributed by atoms with Crippen molar-refractivity contribution >= 4 is 76.2 Å². The molecule has 0 unspecified atom stereocenters. The van der Waals surface area contributed by atoms with Crippen molar-refractivity contribution in [2.45, 2.75) is 0 Å². The van der Waals surface area contributed by atoms with Crippen molar-refractivity contribution < 1.29 is 0 Å². The summed E-state index contributed by atoms with van der Waals surface area (Å²) in [6, 6.07) is 73.3. The van der Waals surface area contributed by atoms with Crippen molar-refractivity contribution in [1.82, 2.24) is 28.7 Å². The number of aromatic nitrogens is 6. The summed E-state index contributed by atoms with van der Waals surface area (Å²) in [7, 11) is 0. The van der Waals surface area contributed by atoms with Crippen molar-refractivity contribution in [2.75, 3.05) is 0 Å². The van der Waals surface area contributed by atoms with Crippen molar-refractivity contribution in [1.29, 1.82) is 0 Å². The van der Waals surface area contributed by atoms with E-state index < -0.39 is 0 Å². The largest absolute Gasteiger partial charge is 0.309 e. The zero-order chi connectivity index (χ0) is 40.0. The molecule has 4 aromatic heterocycles. The molecule has 0 saturated carbocycles. The first-order valence-electron chi connectivity index (χ1n) is 20.6. The third kappa shape index (κ3) is 5.06. The predicted octanol–water partition coefficient (Wildman–Crippen LogP) is 13.7. The molecule has 0 fully saturated rings. The highest BCUT2D eigenvalue weighted by atomic mass is 15.2. The fourth-order valence-corrected chi connectivity index (χ4v) is 9.60. The van der Waals surface area contributed by atoms with Gasteiger partial charge in [0, 0.05) is 54.8 Å². The molecule has 0 aliphatic carbocycles. The van der Waals surface area contributed by atoms with E-state index >= 15 is 0 Å². The van der Waals surface area contributed by atoms with Gasteiger partial charge in [0.15, 0.2) is 11.6 Å². The first kappa shape index (κ1) is 33.6. The minimum absolute atomic E-state index is 0.571. The topological polar surface area (TPSA) is 53.5 Å². The van der Waals surface area contributed by atoms with Crippen molar-refractivity contribution in [3.05, 3.63) is 206 Å². The molecule has 0 amide bonds. The molecule has 6 nitrogen and oxygen atoms in total. The lowest BCUT2D eigenvalue weighted by atomic mass is 10.1. The molecular formula is C55H34N6. The summed E-state index contributed by atoms with van der Waals surface area (Å²) < 4.78 is 7.05. The van der Waals surface area contributed by atoms with Gasteiger partial charge in [0.25, 0.3) is 0 Å². The van der Waals surface area contributed by atoms with Crippen LogP contribution < -0.4 is 0 Å². The maximum atomic E-state index is 5.20. The Morgan fingerprint density at radius 1 is 0.279 bits per heavy atom. The summed E-state index contributed by atoms with van der Waals surface area (Å²) >= 11 is 0. The maximum absolute atomic E-state index is 5.20. The van der Waals surface area contributed by atoms with Crippen LogP contribution in [-0.4, -0.2) is 28.7 Å². The number of benzene rings is 9. The lowest BCUT2D eigenvalue weighted by Crippen LogP contribution is -2.06. The van der Waals surface area contributed by atoms with Gasteiger partial charge in [-0.1, -0.05) is 152 Å². The van der Waals surface area contributed by atoms with Crippen LogP contribution in [-0.2, 0) is 0 Å². The Balaban J connectivity index is 1.09. The second kappa shape index (κ2) is 13.1. The van der Waals surface area contributed by atoms with E-state index in [2.05, 4.69) is 184 Å². The highest BCUT2D eigenvalue weighted by Crippen LogP contribution is 2.43. The smallest absolute Gasteiger partial charge is 0.238 e. The monoisotopic (exact) mass is 778 g/mol. The van der Waals surface area contributed by atoms with E-state index in [0.29, 0.717) is 17.6 Å². The van der Waals surface area contributed by atoms with E-state index in [9.17, 15) is 0 Å². The van der Waals surface area contributed by atoms with Crippen LogP contribution >= 0.6 is 0 Å². The molecule has 284 valence electrons. The van der Waals surface area contributed by atoms with Gasteiger partial charge in [-0.25, -0.2) is 4.98 Å². The van der Waals surface area contributed by atoms with Crippen LogP contribution in [0.2, 0.25) is 0 Å². The van der Waals surface area contributed by atoms with Gasteiger partial charge < -0.3 is 9.13 Å². The Hall–Kier alpha value is -8.35. The lowest BCUT2D eigenvalue weighted by molar-refractivity contribution is 0.953. The number of para-hydroxylation sites is 3. The van der Waals surface area contributed by atoms with Crippen molar-refractivity contribution in [3.8, 4) is 40.1 Å². The molecule has 0 radical (unpaired) electrons. The van der Waals surface area contributed by atoms with Crippen molar-refractivity contribution in [3.63, 3.8) is 0 Å². The Kier molecular flexibility index (Phi) is 7.21. The average Bonchev–Trinajstić information content (AvgIpc) is 3.97. The lowest BCUT2D eigenvalue weighted by Gasteiger charge is -2.12. The van der Waals surface area contributed by atoms with E-state index in [1.54, 1.807) is 0 Å². The molecule has 0 spiro atoms. The van der Waals surface area contributed by atoms with Gasteiger partial charge in [-0.15, -0.1) is 0 Å². The van der Waals surface area contributed by atoms with E-state index in [0.717, 1.165) is 55.3 Å². The highest BCUT2D eigenvalue weighted by molar-refractivity contribution is 6.29. The van der Waals surface area contributed by atoms with Gasteiger partial charge in [0.05, 0.1) is 33.1 Å². The van der Waals surface area contributed by atoms with Crippen LogP contribution in [0, 0.1) is 0 Å². The number of hydrogen-bond donors (Lipinski definition) is 0. The minimum atomic E-state index is 0.571. The number of rotatable bonds is 5. The third-order valence-electron chi connectivity index (χ3n) is 12.3. The number of nitrogens with zero attached hydrogens (tertiary/aromatic N) is 6. The normalized spacial score (nSPS) is 11.9. The zero-order valence-corrected chi connectivity index (χ0v) is 32.8. The van der Waals surface area contributed by atoms with Gasteiger partial charge in [0.2, 0.25) is 5.95 Å². The minimum Gasteiger partial charge on any atom is -0.309 e. The summed E-state index contributed by atoms with van der Waals surface area (Å²) in [5.41, 5.74) is 10.8. The van der Waals surface area contributed by atoms with Gasteiger partial charge in [0.1, 0.15) is 0 Å². The molecule has 0 aliphatic rings. The van der Waals surface area contributed by atoms with E-state index in [-0.39, 0.29) is 0 Å². The average molecular weight is 779 g/mol. The fourth-order valence-electron chi connectivity index (χ4n) is 9.60. The van der Waals surface area contributed by atoms with Gasteiger partial charge in [-0.2, -0.15) is 9.97 Å². The van der Waals surface area contributed by atoms with Crippen molar-refractivity contribution in [2.24, 2.45) is 0 Å². The molecule has 13 aromatic rings.